The van der Waals surface area contributed by atoms with E-state index >= 15 is 0 Å². The van der Waals surface area contributed by atoms with Gasteiger partial charge < -0.3 is 10.4 Å². The molecule has 0 radical (unpaired) electrons. The van der Waals surface area contributed by atoms with Gasteiger partial charge in [0.1, 0.15) is 5.65 Å². The van der Waals surface area contributed by atoms with Crippen LogP contribution in [-0.4, -0.2) is 20.5 Å². The molecule has 0 saturated carbocycles. The van der Waals surface area contributed by atoms with Gasteiger partial charge in [0.05, 0.1) is 17.3 Å². The van der Waals surface area contributed by atoms with Gasteiger partial charge >= 0.3 is 5.97 Å². The molecule has 1 aromatic carbocycles. The van der Waals surface area contributed by atoms with Gasteiger partial charge in [0.2, 0.25) is 0 Å². The Morgan fingerprint density at radius 3 is 2.58 bits per heavy atom. The van der Waals surface area contributed by atoms with Gasteiger partial charge in [-0.2, -0.15) is 0 Å². The number of fused-ring (bicyclic) bond motifs is 1. The number of nitrogens with one attached hydrogen (secondary N) is 1. The lowest BCUT2D eigenvalue weighted by Crippen LogP contribution is -2.23. The van der Waals surface area contributed by atoms with E-state index in [0.29, 0.717) is 17.0 Å². The summed E-state index contributed by atoms with van der Waals surface area (Å²) in [6, 6.07) is 12.7. The van der Waals surface area contributed by atoms with Crippen molar-refractivity contribution in [2.24, 2.45) is 0 Å². The van der Waals surface area contributed by atoms with Crippen molar-refractivity contribution in [1.29, 1.82) is 0 Å². The molecule has 0 bridgehead atoms. The van der Waals surface area contributed by atoms with Crippen molar-refractivity contribution in [2.75, 3.05) is 0 Å². The molecule has 2 N–H and O–H groups in total. The van der Waals surface area contributed by atoms with Crippen LogP contribution in [0, 0.1) is 6.92 Å². The number of benzene rings is 1. The van der Waals surface area contributed by atoms with Gasteiger partial charge in [0, 0.05) is 29.1 Å². The number of aryl methyl sites for hydroxylation is 1. The largest absolute Gasteiger partial charge is 0.478 e. The number of pyridine rings is 1. The molecule has 0 fully saturated rings. The second-order valence-corrected chi connectivity index (χ2v) is 7.21. The summed E-state index contributed by atoms with van der Waals surface area (Å²) >= 11 is 0. The fourth-order valence-electron chi connectivity index (χ4n) is 3.45. The lowest BCUT2D eigenvalue weighted by Gasteiger charge is -2.20. The molecule has 158 valence electrons. The number of rotatable bonds is 7. The molecule has 0 aliphatic rings. The first-order chi connectivity index (χ1) is 14.8. The van der Waals surface area contributed by atoms with Crippen molar-refractivity contribution >= 4 is 11.6 Å². The number of carbonyl (C=O) groups is 1. The minimum Gasteiger partial charge on any atom is -0.478 e. The maximum absolute atomic E-state index is 12.9. The molecule has 31 heavy (non-hydrogen) atoms. The third-order valence-corrected chi connectivity index (χ3v) is 4.89. The number of hydrogen-bond acceptors (Lipinski definition) is 4. The van der Waals surface area contributed by atoms with E-state index in [1.54, 1.807) is 18.3 Å². The van der Waals surface area contributed by atoms with Crippen LogP contribution >= 0.6 is 0 Å². The van der Waals surface area contributed by atoms with Crippen molar-refractivity contribution in [2.45, 2.75) is 26.8 Å². The van der Waals surface area contributed by atoms with Crippen LogP contribution in [0.15, 0.2) is 89.5 Å². The van der Waals surface area contributed by atoms with Gasteiger partial charge in [-0.1, -0.05) is 49.1 Å². The molecule has 6 heteroatoms. The zero-order valence-electron chi connectivity index (χ0n) is 17.8. The van der Waals surface area contributed by atoms with Gasteiger partial charge in [0.15, 0.2) is 0 Å². The highest BCUT2D eigenvalue weighted by atomic mass is 16.4. The Hall–Kier alpha value is -3.93. The van der Waals surface area contributed by atoms with E-state index in [0.717, 1.165) is 16.7 Å². The summed E-state index contributed by atoms with van der Waals surface area (Å²) in [6.45, 7) is 9.24. The fourth-order valence-corrected chi connectivity index (χ4v) is 3.45. The maximum atomic E-state index is 12.9. The van der Waals surface area contributed by atoms with Crippen LogP contribution in [0.3, 0.4) is 0 Å². The van der Waals surface area contributed by atoms with E-state index in [-0.39, 0.29) is 17.2 Å². The summed E-state index contributed by atoms with van der Waals surface area (Å²) < 4.78 is 1.53. The van der Waals surface area contributed by atoms with Crippen molar-refractivity contribution in [3.8, 4) is 11.3 Å². The minimum atomic E-state index is -1.07. The SMILES string of the molecule is C=C/C(C(=O)O)=C(\C=C/C)NC(C)c1cc(C)cn2c(=O)cc(-c3ccccc3)nc12. The first kappa shape index (κ1) is 21.8. The summed E-state index contributed by atoms with van der Waals surface area (Å²) in [6.07, 6.45) is 6.51. The number of allylic oxidation sites excluding steroid dienone is 2. The first-order valence-corrected chi connectivity index (χ1v) is 9.94. The Bertz CT molecular complexity index is 1250. The Morgan fingerprint density at radius 2 is 1.97 bits per heavy atom. The molecule has 0 spiro atoms. The molecule has 2 heterocycles. The molecular formula is C25H25N3O3. The van der Waals surface area contributed by atoms with Gasteiger partial charge in [-0.3, -0.25) is 9.20 Å². The molecule has 0 amide bonds. The van der Waals surface area contributed by atoms with Gasteiger partial charge in [-0.15, -0.1) is 0 Å². The van der Waals surface area contributed by atoms with E-state index < -0.39 is 5.97 Å². The average Bonchev–Trinajstić information content (AvgIpc) is 2.74. The standard InChI is InChI=1S/C25H25N3O3/c1-5-10-21(19(6-2)25(30)31)26-17(4)20-13-16(3)15-28-23(29)14-22(27-24(20)28)18-11-8-7-9-12-18/h5-15,17,26H,2H2,1,3-4H3,(H,30,31)/b10-5-,21-19-. The second-order valence-electron chi connectivity index (χ2n) is 7.21. The third kappa shape index (κ3) is 4.64. The lowest BCUT2D eigenvalue weighted by molar-refractivity contribution is -0.132. The summed E-state index contributed by atoms with van der Waals surface area (Å²) in [5, 5.41) is 12.8. The second kappa shape index (κ2) is 9.26. The van der Waals surface area contributed by atoms with Gasteiger partial charge in [-0.05, 0) is 38.5 Å². The summed E-state index contributed by atoms with van der Waals surface area (Å²) in [5.74, 6) is -1.07. The number of carboxylic acid groups (broad SMARTS) is 1. The average molecular weight is 415 g/mol. The van der Waals surface area contributed by atoms with Crippen LogP contribution < -0.4 is 10.9 Å². The Labute approximate surface area is 180 Å². The molecular weight excluding hydrogens is 390 g/mol. The number of aromatic nitrogens is 2. The summed E-state index contributed by atoms with van der Waals surface area (Å²) in [5.41, 5.74) is 3.95. The van der Waals surface area contributed by atoms with Crippen molar-refractivity contribution in [3.05, 3.63) is 106 Å². The predicted octanol–water partition coefficient (Wildman–Crippen LogP) is 4.42. The van der Waals surface area contributed by atoms with Gasteiger partial charge in [-0.25, -0.2) is 9.78 Å². The Kier molecular flexibility index (Phi) is 6.50. The smallest absolute Gasteiger partial charge is 0.337 e. The number of carboxylic acids is 1. The van der Waals surface area contributed by atoms with Crippen LogP contribution in [-0.2, 0) is 4.79 Å². The quantitative estimate of drug-likeness (QED) is 0.441. The highest BCUT2D eigenvalue weighted by Gasteiger charge is 2.17. The van der Waals surface area contributed by atoms with Crippen molar-refractivity contribution in [1.82, 2.24) is 14.7 Å². The number of hydrogen-bond donors (Lipinski definition) is 2. The summed E-state index contributed by atoms with van der Waals surface area (Å²) in [7, 11) is 0. The monoisotopic (exact) mass is 415 g/mol. The predicted molar refractivity (Wildman–Crippen MR) is 123 cm³/mol. The van der Waals surface area contributed by atoms with E-state index in [9.17, 15) is 14.7 Å². The van der Waals surface area contributed by atoms with E-state index in [1.807, 2.05) is 57.2 Å². The molecule has 3 aromatic rings. The molecule has 2 aromatic heterocycles. The molecule has 0 saturated heterocycles. The highest BCUT2D eigenvalue weighted by molar-refractivity contribution is 5.91. The van der Waals surface area contributed by atoms with Gasteiger partial charge in [0.25, 0.3) is 5.56 Å². The van der Waals surface area contributed by atoms with Crippen LogP contribution in [0.2, 0.25) is 0 Å². The van der Waals surface area contributed by atoms with Crippen LogP contribution in [0.25, 0.3) is 16.9 Å². The van der Waals surface area contributed by atoms with E-state index in [2.05, 4.69) is 11.9 Å². The molecule has 1 atom stereocenters. The topological polar surface area (TPSA) is 83.7 Å². The molecule has 6 nitrogen and oxygen atoms in total. The lowest BCUT2D eigenvalue weighted by atomic mass is 10.1. The zero-order valence-corrected chi connectivity index (χ0v) is 17.8. The van der Waals surface area contributed by atoms with Crippen LogP contribution in [0.5, 0.6) is 0 Å². The maximum Gasteiger partial charge on any atom is 0.337 e. The van der Waals surface area contributed by atoms with Crippen LogP contribution in [0.4, 0.5) is 0 Å². The number of nitrogens with zero attached hydrogens (tertiary/aromatic N) is 2. The zero-order chi connectivity index (χ0) is 22.5. The Balaban J connectivity index is 2.18. The number of aliphatic carboxylic acids is 1. The molecule has 3 rings (SSSR count). The van der Waals surface area contributed by atoms with Crippen molar-refractivity contribution < 1.29 is 9.90 Å². The summed E-state index contributed by atoms with van der Waals surface area (Å²) in [4.78, 5) is 29.3. The van der Waals surface area contributed by atoms with E-state index in [1.165, 1.54) is 16.5 Å². The van der Waals surface area contributed by atoms with Crippen LogP contribution in [0.1, 0.15) is 31.0 Å². The Morgan fingerprint density at radius 1 is 1.26 bits per heavy atom. The normalized spacial score (nSPS) is 13.1. The van der Waals surface area contributed by atoms with Crippen molar-refractivity contribution in [3.63, 3.8) is 0 Å². The molecule has 0 aliphatic carbocycles. The fraction of sp³-hybridized carbons (Fsp3) is 0.160. The molecule has 1 unspecified atom stereocenters. The van der Waals surface area contributed by atoms with E-state index in [4.69, 9.17) is 4.98 Å². The minimum absolute atomic E-state index is 0.0667. The highest BCUT2D eigenvalue weighted by Crippen LogP contribution is 2.23. The molecule has 0 aliphatic heterocycles. The first-order valence-electron chi connectivity index (χ1n) is 9.94. The third-order valence-electron chi connectivity index (χ3n) is 4.89.